The SMILES string of the molecule is CCCC(C)(C)c1cnc2c(c1)CC(NC1CCN(C)CC1)CC2. The Balaban J connectivity index is 1.65. The highest BCUT2D eigenvalue weighted by molar-refractivity contribution is 5.32. The second-order valence-electron chi connectivity index (χ2n) is 8.65. The molecule has 0 spiro atoms. The molecule has 134 valence electrons. The fourth-order valence-corrected chi connectivity index (χ4v) is 4.41. The van der Waals surface area contributed by atoms with Crippen LogP contribution >= 0.6 is 0 Å². The Morgan fingerprint density at radius 1 is 1.21 bits per heavy atom. The minimum Gasteiger partial charge on any atom is -0.311 e. The molecule has 2 aliphatic rings. The smallest absolute Gasteiger partial charge is 0.0436 e. The van der Waals surface area contributed by atoms with Crippen LogP contribution in [-0.2, 0) is 18.3 Å². The molecule has 3 heteroatoms. The summed E-state index contributed by atoms with van der Waals surface area (Å²) in [7, 11) is 2.23. The molecular formula is C21H35N3. The topological polar surface area (TPSA) is 28.2 Å². The highest BCUT2D eigenvalue weighted by Gasteiger charge is 2.26. The summed E-state index contributed by atoms with van der Waals surface area (Å²) in [6.07, 6.45) is 10.7. The Bertz CT molecular complexity index is 544. The Labute approximate surface area is 148 Å². The van der Waals surface area contributed by atoms with Crippen LogP contribution in [0.25, 0.3) is 0 Å². The summed E-state index contributed by atoms with van der Waals surface area (Å²) < 4.78 is 0. The van der Waals surface area contributed by atoms with Crippen molar-refractivity contribution in [1.29, 1.82) is 0 Å². The van der Waals surface area contributed by atoms with Crippen LogP contribution in [0.1, 0.15) is 69.7 Å². The lowest BCUT2D eigenvalue weighted by molar-refractivity contribution is 0.220. The lowest BCUT2D eigenvalue weighted by atomic mass is 9.79. The van der Waals surface area contributed by atoms with Crippen LogP contribution in [-0.4, -0.2) is 42.1 Å². The van der Waals surface area contributed by atoms with Gasteiger partial charge in [-0.2, -0.15) is 0 Å². The number of hydrogen-bond donors (Lipinski definition) is 1. The minimum atomic E-state index is 0.241. The molecule has 2 heterocycles. The molecule has 0 radical (unpaired) electrons. The van der Waals surface area contributed by atoms with Crippen molar-refractivity contribution in [2.45, 2.75) is 83.2 Å². The highest BCUT2D eigenvalue weighted by Crippen LogP contribution is 2.31. The first kappa shape index (κ1) is 17.9. The van der Waals surface area contributed by atoms with Crippen LogP contribution in [0, 0.1) is 0 Å². The normalized spacial score (nSPS) is 23.2. The van der Waals surface area contributed by atoms with Crippen molar-refractivity contribution >= 4 is 0 Å². The molecule has 1 saturated heterocycles. The van der Waals surface area contributed by atoms with Gasteiger partial charge in [0, 0.05) is 24.0 Å². The van der Waals surface area contributed by atoms with E-state index < -0.39 is 0 Å². The van der Waals surface area contributed by atoms with E-state index in [1.807, 2.05) is 0 Å². The van der Waals surface area contributed by atoms with E-state index in [0.717, 1.165) is 12.8 Å². The van der Waals surface area contributed by atoms with Gasteiger partial charge >= 0.3 is 0 Å². The molecule has 1 aromatic heterocycles. The molecule has 0 amide bonds. The van der Waals surface area contributed by atoms with Gasteiger partial charge in [-0.15, -0.1) is 0 Å². The third kappa shape index (κ3) is 4.18. The first-order valence-electron chi connectivity index (χ1n) is 9.91. The number of aromatic nitrogens is 1. The number of nitrogens with zero attached hydrogens (tertiary/aromatic N) is 2. The van der Waals surface area contributed by atoms with Crippen LogP contribution in [0.4, 0.5) is 0 Å². The number of pyridine rings is 1. The van der Waals surface area contributed by atoms with Gasteiger partial charge in [-0.05, 0) is 75.2 Å². The van der Waals surface area contributed by atoms with E-state index in [9.17, 15) is 0 Å². The predicted octanol–water partition coefficient (Wildman–Crippen LogP) is 3.70. The maximum atomic E-state index is 4.82. The zero-order valence-electron chi connectivity index (χ0n) is 16.1. The number of piperidine rings is 1. The molecule has 3 nitrogen and oxygen atoms in total. The van der Waals surface area contributed by atoms with Crippen molar-refractivity contribution in [3.8, 4) is 0 Å². The Hall–Kier alpha value is -0.930. The van der Waals surface area contributed by atoms with E-state index in [1.54, 1.807) is 0 Å². The summed E-state index contributed by atoms with van der Waals surface area (Å²) in [6, 6.07) is 3.80. The fourth-order valence-electron chi connectivity index (χ4n) is 4.41. The largest absolute Gasteiger partial charge is 0.311 e. The van der Waals surface area contributed by atoms with Crippen LogP contribution < -0.4 is 5.32 Å². The minimum absolute atomic E-state index is 0.241. The average molecular weight is 330 g/mol. The molecule has 1 aromatic rings. The van der Waals surface area contributed by atoms with Gasteiger partial charge in [0.25, 0.3) is 0 Å². The van der Waals surface area contributed by atoms with Crippen molar-refractivity contribution in [1.82, 2.24) is 15.2 Å². The lowest BCUT2D eigenvalue weighted by Gasteiger charge is -2.35. The van der Waals surface area contributed by atoms with E-state index in [-0.39, 0.29) is 5.41 Å². The second-order valence-corrected chi connectivity index (χ2v) is 8.65. The Morgan fingerprint density at radius 3 is 2.67 bits per heavy atom. The first-order valence-corrected chi connectivity index (χ1v) is 9.91. The van der Waals surface area contributed by atoms with Crippen molar-refractivity contribution in [3.63, 3.8) is 0 Å². The van der Waals surface area contributed by atoms with Crippen molar-refractivity contribution < 1.29 is 0 Å². The van der Waals surface area contributed by atoms with Gasteiger partial charge in [-0.3, -0.25) is 4.98 Å². The van der Waals surface area contributed by atoms with E-state index in [0.29, 0.717) is 12.1 Å². The number of rotatable bonds is 5. The molecule has 0 saturated carbocycles. The van der Waals surface area contributed by atoms with Crippen molar-refractivity contribution in [2.24, 2.45) is 0 Å². The third-order valence-corrected chi connectivity index (χ3v) is 6.10. The third-order valence-electron chi connectivity index (χ3n) is 6.10. The van der Waals surface area contributed by atoms with Gasteiger partial charge in [-0.1, -0.05) is 33.3 Å². The van der Waals surface area contributed by atoms with Crippen LogP contribution in [0.2, 0.25) is 0 Å². The van der Waals surface area contributed by atoms with Crippen LogP contribution in [0.5, 0.6) is 0 Å². The van der Waals surface area contributed by atoms with E-state index in [4.69, 9.17) is 4.98 Å². The van der Waals surface area contributed by atoms with Gasteiger partial charge in [0.1, 0.15) is 0 Å². The summed E-state index contributed by atoms with van der Waals surface area (Å²) >= 11 is 0. The summed E-state index contributed by atoms with van der Waals surface area (Å²) in [4.78, 5) is 7.27. The van der Waals surface area contributed by atoms with Gasteiger partial charge in [0.15, 0.2) is 0 Å². The second kappa shape index (κ2) is 7.53. The quantitative estimate of drug-likeness (QED) is 0.893. The van der Waals surface area contributed by atoms with Crippen LogP contribution in [0.3, 0.4) is 0 Å². The standard InChI is InChI=1S/C21H35N3/c1-5-10-21(2,3)17-13-16-14-19(6-7-20(16)22-15-17)23-18-8-11-24(4)12-9-18/h13,15,18-19,23H,5-12,14H2,1-4H3. The van der Waals surface area contributed by atoms with Crippen molar-refractivity contribution in [2.75, 3.05) is 20.1 Å². The number of fused-ring (bicyclic) bond motifs is 1. The van der Waals surface area contributed by atoms with E-state index >= 15 is 0 Å². The van der Waals surface area contributed by atoms with Crippen molar-refractivity contribution in [3.05, 3.63) is 29.1 Å². The predicted molar refractivity (Wildman–Crippen MR) is 102 cm³/mol. The molecule has 1 fully saturated rings. The van der Waals surface area contributed by atoms with Crippen LogP contribution in [0.15, 0.2) is 12.3 Å². The first-order chi connectivity index (χ1) is 11.5. The molecule has 1 aliphatic heterocycles. The van der Waals surface area contributed by atoms with Gasteiger partial charge < -0.3 is 10.2 Å². The molecular weight excluding hydrogens is 294 g/mol. The molecule has 0 bridgehead atoms. The van der Waals surface area contributed by atoms with Gasteiger partial charge in [-0.25, -0.2) is 0 Å². The average Bonchev–Trinajstić information content (AvgIpc) is 2.56. The van der Waals surface area contributed by atoms with E-state index in [2.05, 4.69) is 50.3 Å². The molecule has 1 N–H and O–H groups in total. The zero-order chi connectivity index (χ0) is 17.2. The zero-order valence-corrected chi connectivity index (χ0v) is 16.1. The van der Waals surface area contributed by atoms with Gasteiger partial charge in [0.2, 0.25) is 0 Å². The molecule has 1 atom stereocenters. The molecule has 1 unspecified atom stereocenters. The summed E-state index contributed by atoms with van der Waals surface area (Å²) in [5.41, 5.74) is 4.49. The molecule has 1 aliphatic carbocycles. The number of likely N-dealkylation sites (tertiary alicyclic amines) is 1. The highest BCUT2D eigenvalue weighted by atomic mass is 15.1. The maximum absolute atomic E-state index is 4.82. The molecule has 24 heavy (non-hydrogen) atoms. The number of hydrogen-bond acceptors (Lipinski definition) is 3. The molecule has 0 aromatic carbocycles. The number of nitrogens with one attached hydrogen (secondary N) is 1. The maximum Gasteiger partial charge on any atom is 0.0436 e. The fraction of sp³-hybridized carbons (Fsp3) is 0.762. The summed E-state index contributed by atoms with van der Waals surface area (Å²) in [5.74, 6) is 0. The summed E-state index contributed by atoms with van der Waals surface area (Å²) in [5, 5.41) is 3.95. The number of aryl methyl sites for hydroxylation is 1. The Kier molecular flexibility index (Phi) is 5.61. The summed E-state index contributed by atoms with van der Waals surface area (Å²) in [6.45, 7) is 9.46. The molecule has 3 rings (SSSR count). The monoisotopic (exact) mass is 329 g/mol. The lowest BCUT2D eigenvalue weighted by Crippen LogP contribution is -2.47. The van der Waals surface area contributed by atoms with Gasteiger partial charge in [0.05, 0.1) is 0 Å². The van der Waals surface area contributed by atoms with E-state index in [1.165, 1.54) is 62.0 Å². The Morgan fingerprint density at radius 2 is 1.96 bits per heavy atom.